The average molecular weight is 468 g/mol. The molecule has 1 fully saturated rings. The molecule has 0 radical (unpaired) electrons. The molecule has 0 spiro atoms. The maximum absolute atomic E-state index is 12.5. The molecular weight excluding hydrogens is 439 g/mol. The van der Waals surface area contributed by atoms with Gasteiger partial charge in [0, 0.05) is 31.3 Å². The normalized spacial score (nSPS) is 15.5. The van der Waals surface area contributed by atoms with Gasteiger partial charge in [0.2, 0.25) is 11.0 Å². The first-order chi connectivity index (χ1) is 14.9. The number of aliphatic imine (C=N–C) groups is 1. The number of halogens is 2. The molecule has 0 bridgehead atoms. The Labute approximate surface area is 188 Å². The van der Waals surface area contributed by atoms with Gasteiger partial charge >= 0.3 is 0 Å². The van der Waals surface area contributed by atoms with E-state index in [1.54, 1.807) is 15.4 Å². The highest BCUT2D eigenvalue weighted by molar-refractivity contribution is 7.18. The summed E-state index contributed by atoms with van der Waals surface area (Å²) >= 11 is 1.44. The van der Waals surface area contributed by atoms with E-state index in [4.69, 9.17) is 4.74 Å². The summed E-state index contributed by atoms with van der Waals surface area (Å²) in [7, 11) is 1.57. The Kier molecular flexibility index (Phi) is 10.3. The van der Waals surface area contributed by atoms with Gasteiger partial charge in [0.1, 0.15) is 5.76 Å². The predicted octanol–water partition coefficient (Wildman–Crippen LogP) is 5.01. The molecule has 1 aliphatic rings. The Morgan fingerprint density at radius 2 is 2.19 bits per heavy atom. The highest BCUT2D eigenvalue weighted by Gasteiger charge is 2.34. The topological polar surface area (TPSA) is 71.4 Å². The number of nitrogens with zero attached hydrogens (tertiary/aromatic N) is 3. The lowest BCUT2D eigenvalue weighted by molar-refractivity contribution is 0.0289. The highest BCUT2D eigenvalue weighted by atomic mass is 32.1. The van der Waals surface area contributed by atoms with Crippen LogP contribution in [-0.2, 0) is 0 Å². The van der Waals surface area contributed by atoms with Crippen molar-refractivity contribution in [2.45, 2.75) is 25.9 Å². The van der Waals surface area contributed by atoms with Crippen molar-refractivity contribution in [3.63, 3.8) is 0 Å². The smallest absolute Gasteiger partial charge is 0.264 e. The van der Waals surface area contributed by atoms with Crippen LogP contribution in [0.3, 0.4) is 0 Å². The van der Waals surface area contributed by atoms with Crippen molar-refractivity contribution >= 4 is 32.4 Å². The van der Waals surface area contributed by atoms with Gasteiger partial charge in [0.15, 0.2) is 0 Å². The van der Waals surface area contributed by atoms with Crippen LogP contribution in [0.2, 0.25) is 0 Å². The number of rotatable bonds is 7. The molecule has 0 aromatic carbocycles. The van der Waals surface area contributed by atoms with Crippen molar-refractivity contribution in [1.29, 1.82) is 0 Å². The van der Waals surface area contributed by atoms with Gasteiger partial charge in [0.25, 0.3) is 5.66 Å². The minimum atomic E-state index is -2.64. The minimum Gasteiger partial charge on any atom is -0.439 e. The number of pyridine rings is 1. The summed E-state index contributed by atoms with van der Waals surface area (Å²) in [6.07, 6.45) is 8.46. The highest BCUT2D eigenvalue weighted by Crippen LogP contribution is 2.32. The third-order valence-corrected chi connectivity index (χ3v) is 5.44. The van der Waals surface area contributed by atoms with Crippen LogP contribution in [0.15, 0.2) is 52.7 Å². The van der Waals surface area contributed by atoms with Crippen LogP contribution in [0.1, 0.15) is 20.3 Å². The van der Waals surface area contributed by atoms with Crippen molar-refractivity contribution in [3.05, 3.63) is 47.7 Å². The third kappa shape index (κ3) is 8.18. The third-order valence-electron chi connectivity index (χ3n) is 4.20. The zero-order valence-corrected chi connectivity index (χ0v) is 19.6. The molecule has 168 valence electrons. The molecule has 3 heterocycles. The predicted molar refractivity (Wildman–Crippen MR) is 127 cm³/mol. The molecule has 1 unspecified atom stereocenters. The summed E-state index contributed by atoms with van der Waals surface area (Å²) < 4.78 is 30.9. The molecule has 2 N–H and O–H groups in total. The fourth-order valence-corrected chi connectivity index (χ4v) is 3.53. The van der Waals surface area contributed by atoms with Crippen LogP contribution in [0, 0.1) is 5.92 Å². The molecular formula is C21H28F2N5OPS. The first kappa shape index (κ1) is 25.2. The molecule has 31 heavy (non-hydrogen) atoms. The van der Waals surface area contributed by atoms with E-state index in [1.807, 2.05) is 42.7 Å². The molecule has 0 aliphatic carbocycles. The van der Waals surface area contributed by atoms with Gasteiger partial charge in [-0.05, 0) is 44.3 Å². The van der Waals surface area contributed by atoms with Gasteiger partial charge in [-0.3, -0.25) is 0 Å². The minimum absolute atomic E-state index is 0.392. The molecule has 1 atom stereocenters. The number of thiazole rings is 1. The summed E-state index contributed by atoms with van der Waals surface area (Å²) in [4.78, 5) is 12.5. The van der Waals surface area contributed by atoms with E-state index in [-0.39, 0.29) is 0 Å². The fraction of sp³-hybridized carbons (Fsp3) is 0.381. The number of nitrogens with one attached hydrogen (secondary N) is 2. The van der Waals surface area contributed by atoms with E-state index in [9.17, 15) is 8.78 Å². The van der Waals surface area contributed by atoms with Crippen molar-refractivity contribution in [2.24, 2.45) is 10.9 Å². The monoisotopic (exact) mass is 467 g/mol. The van der Waals surface area contributed by atoms with Crippen LogP contribution in [0.5, 0.6) is 5.88 Å². The van der Waals surface area contributed by atoms with Crippen molar-refractivity contribution in [1.82, 2.24) is 20.6 Å². The van der Waals surface area contributed by atoms with Gasteiger partial charge in [-0.15, -0.1) is 11.3 Å². The van der Waals surface area contributed by atoms with E-state index in [0.717, 1.165) is 23.4 Å². The molecule has 10 heteroatoms. The molecule has 3 rings (SSSR count). The number of hydrogen-bond acceptors (Lipinski definition) is 7. The van der Waals surface area contributed by atoms with E-state index >= 15 is 0 Å². The van der Waals surface area contributed by atoms with Crippen molar-refractivity contribution in [3.8, 4) is 17.1 Å². The SMILES string of the molecule is C=Nc1nc(-c2cccnc2OC(/C=C\C)=C/CC)cs1.FC(F)(P)C1CNCNC1. The molecule has 1 aliphatic heterocycles. The van der Waals surface area contributed by atoms with Crippen LogP contribution in [0.25, 0.3) is 11.3 Å². The molecule has 2 aromatic rings. The largest absolute Gasteiger partial charge is 0.439 e. The lowest BCUT2D eigenvalue weighted by atomic mass is 10.1. The van der Waals surface area contributed by atoms with Gasteiger partial charge in [0.05, 0.1) is 17.2 Å². The Balaban J connectivity index is 0.000000285. The number of alkyl halides is 2. The number of aromatic nitrogens is 2. The lowest BCUT2D eigenvalue weighted by Crippen LogP contribution is -2.48. The summed E-state index contributed by atoms with van der Waals surface area (Å²) in [6.45, 7) is 8.93. The maximum Gasteiger partial charge on any atom is 0.264 e. The molecule has 1 saturated heterocycles. The van der Waals surface area contributed by atoms with E-state index < -0.39 is 11.6 Å². The Bertz CT molecular complexity index is 892. The first-order valence-electron chi connectivity index (χ1n) is 9.85. The number of hydrogen-bond donors (Lipinski definition) is 2. The van der Waals surface area contributed by atoms with Crippen molar-refractivity contribution in [2.75, 3.05) is 19.8 Å². The summed E-state index contributed by atoms with van der Waals surface area (Å²) in [5.41, 5.74) is -1.00. The fourth-order valence-electron chi connectivity index (χ4n) is 2.67. The quantitative estimate of drug-likeness (QED) is 0.259. The van der Waals surface area contributed by atoms with E-state index in [1.165, 1.54) is 11.3 Å². The second-order valence-corrected chi connectivity index (χ2v) is 8.21. The summed E-state index contributed by atoms with van der Waals surface area (Å²) in [5, 5.41) is 8.23. The van der Waals surface area contributed by atoms with Gasteiger partial charge in [-0.25, -0.2) is 23.7 Å². The zero-order chi connectivity index (χ0) is 22.7. The lowest BCUT2D eigenvalue weighted by Gasteiger charge is -2.28. The van der Waals surface area contributed by atoms with Gasteiger partial charge in [-0.2, -0.15) is 0 Å². The summed E-state index contributed by atoms with van der Waals surface area (Å²) in [5.74, 6) is 0.722. The van der Waals surface area contributed by atoms with Gasteiger partial charge in [-0.1, -0.05) is 22.2 Å². The average Bonchev–Trinajstić information content (AvgIpc) is 3.24. The second-order valence-electron chi connectivity index (χ2n) is 6.60. The Morgan fingerprint density at radius 3 is 2.74 bits per heavy atom. The maximum atomic E-state index is 12.5. The zero-order valence-electron chi connectivity index (χ0n) is 17.6. The number of allylic oxidation sites excluding steroid dienone is 3. The first-order valence-corrected chi connectivity index (χ1v) is 11.3. The van der Waals surface area contributed by atoms with Crippen LogP contribution < -0.4 is 15.4 Å². The van der Waals surface area contributed by atoms with Crippen LogP contribution in [0.4, 0.5) is 13.9 Å². The van der Waals surface area contributed by atoms with Crippen LogP contribution >= 0.6 is 20.6 Å². The molecule has 2 aromatic heterocycles. The van der Waals surface area contributed by atoms with Gasteiger partial charge < -0.3 is 15.4 Å². The molecule has 6 nitrogen and oxygen atoms in total. The summed E-state index contributed by atoms with van der Waals surface area (Å²) in [6, 6.07) is 3.80. The molecule has 0 amide bonds. The Hall–Kier alpha value is -2.06. The van der Waals surface area contributed by atoms with Crippen molar-refractivity contribution < 1.29 is 13.5 Å². The standard InChI is InChI=1S/C16H17N3OS.C5H11F2N2P/c1-4-7-12(8-5-2)20-15-13(9-6-10-18-15)14-11-21-16(17-3)19-14;6-5(7,10)4-1-8-3-9-2-4/h4,6-11H,3,5H2,1-2H3;4,8-9H,1-3,10H2/b7-4-,12-8+;. The number of ether oxygens (including phenoxy) is 1. The second kappa shape index (κ2) is 12.7. The Morgan fingerprint density at radius 1 is 1.45 bits per heavy atom. The van der Waals surface area contributed by atoms with Crippen LogP contribution in [-0.4, -0.2) is 42.1 Å². The van der Waals surface area contributed by atoms with E-state index in [2.05, 4.69) is 39.2 Å². The van der Waals surface area contributed by atoms with E-state index in [0.29, 0.717) is 30.8 Å². The molecule has 0 saturated carbocycles.